The first-order valence-corrected chi connectivity index (χ1v) is 7.58. The molecule has 1 aromatic carbocycles. The van der Waals surface area contributed by atoms with Crippen molar-refractivity contribution in [1.82, 2.24) is 24.1 Å². The van der Waals surface area contributed by atoms with Gasteiger partial charge in [0.05, 0.1) is 11.4 Å². The van der Waals surface area contributed by atoms with E-state index in [2.05, 4.69) is 37.8 Å². The van der Waals surface area contributed by atoms with E-state index in [1.807, 2.05) is 33.0 Å². The average Bonchev–Trinajstić information content (AvgIpc) is 3.12. The van der Waals surface area contributed by atoms with Crippen molar-refractivity contribution in [3.05, 3.63) is 52.6 Å². The molecule has 0 fully saturated rings. The van der Waals surface area contributed by atoms with E-state index < -0.39 is 0 Å². The lowest BCUT2D eigenvalue weighted by molar-refractivity contribution is 0.792. The van der Waals surface area contributed by atoms with Crippen molar-refractivity contribution in [2.45, 2.75) is 19.8 Å². The van der Waals surface area contributed by atoms with Gasteiger partial charge in [0, 0.05) is 23.5 Å². The fraction of sp³-hybridized carbons (Fsp3) is 0.235. The zero-order valence-electron chi connectivity index (χ0n) is 13.2. The summed E-state index contributed by atoms with van der Waals surface area (Å²) in [5, 5.41) is 5.16. The smallest absolute Gasteiger partial charge is 0.279 e. The van der Waals surface area contributed by atoms with Gasteiger partial charge in [0.1, 0.15) is 6.33 Å². The number of nitrogens with zero attached hydrogens (tertiary/aromatic N) is 4. The van der Waals surface area contributed by atoms with Crippen LogP contribution in [0.2, 0.25) is 0 Å². The van der Waals surface area contributed by atoms with Crippen LogP contribution in [-0.2, 0) is 7.05 Å². The molecule has 4 aromatic rings. The Morgan fingerprint density at radius 3 is 2.74 bits per heavy atom. The third kappa shape index (κ3) is 1.91. The van der Waals surface area contributed by atoms with E-state index in [1.54, 1.807) is 0 Å². The van der Waals surface area contributed by atoms with Crippen LogP contribution in [0.5, 0.6) is 0 Å². The first-order chi connectivity index (χ1) is 11.1. The summed E-state index contributed by atoms with van der Waals surface area (Å²) < 4.78 is 3.42. The van der Waals surface area contributed by atoms with E-state index >= 15 is 0 Å². The molecule has 0 spiro atoms. The Kier molecular flexibility index (Phi) is 2.87. The summed E-state index contributed by atoms with van der Waals surface area (Å²) in [5.41, 5.74) is 3.50. The van der Waals surface area contributed by atoms with Gasteiger partial charge in [-0.3, -0.25) is 4.79 Å². The topological polar surface area (TPSA) is 68.0 Å². The Morgan fingerprint density at radius 2 is 2.00 bits per heavy atom. The van der Waals surface area contributed by atoms with Gasteiger partial charge in [-0.05, 0) is 18.1 Å². The molecule has 23 heavy (non-hydrogen) atoms. The Hall–Kier alpha value is -2.89. The summed E-state index contributed by atoms with van der Waals surface area (Å²) in [5.74, 6) is 0.528. The van der Waals surface area contributed by atoms with Crippen LogP contribution in [-0.4, -0.2) is 24.1 Å². The maximum Gasteiger partial charge on any atom is 0.279 e. The highest BCUT2D eigenvalue weighted by atomic mass is 16.1. The number of nitrogens with one attached hydrogen (secondary N) is 1. The molecule has 3 heterocycles. The number of aromatic nitrogens is 5. The molecule has 6 heteroatoms. The highest BCUT2D eigenvalue weighted by Gasteiger charge is 2.20. The molecule has 0 atom stereocenters. The number of rotatable bonds is 2. The first kappa shape index (κ1) is 13.8. The third-order valence-electron chi connectivity index (χ3n) is 4.26. The van der Waals surface area contributed by atoms with E-state index in [1.165, 1.54) is 10.8 Å². The fourth-order valence-corrected chi connectivity index (χ4v) is 3.14. The molecule has 0 aliphatic rings. The maximum absolute atomic E-state index is 12.8. The summed E-state index contributed by atoms with van der Waals surface area (Å²) in [6, 6.07) is 10.3. The Balaban J connectivity index is 2.13. The van der Waals surface area contributed by atoms with Crippen molar-refractivity contribution in [1.29, 1.82) is 0 Å². The van der Waals surface area contributed by atoms with Crippen LogP contribution in [0.25, 0.3) is 28.1 Å². The summed E-state index contributed by atoms with van der Waals surface area (Å²) in [4.78, 5) is 20.2. The molecule has 6 nitrogen and oxygen atoms in total. The van der Waals surface area contributed by atoms with Crippen molar-refractivity contribution >= 4 is 16.7 Å². The molecule has 0 bridgehead atoms. The lowest BCUT2D eigenvalue weighted by atomic mass is 10.0. The average molecular weight is 307 g/mol. The molecule has 3 aromatic heterocycles. The molecule has 0 aliphatic carbocycles. The standard InChI is InChI=1S/C17H17N5O/c1-10(2)14-15(20-17-18-9-19-22(17)16(14)23)13-8-11-6-4-5-7-12(11)21(13)3/h4-10H,1-3H3,(H,18,19,20). The molecular weight excluding hydrogens is 290 g/mol. The molecule has 116 valence electrons. The number of aromatic amines is 1. The first-order valence-electron chi connectivity index (χ1n) is 7.58. The van der Waals surface area contributed by atoms with Crippen LogP contribution in [0.4, 0.5) is 0 Å². The largest absolute Gasteiger partial charge is 0.342 e. The summed E-state index contributed by atoms with van der Waals surface area (Å²) in [6.07, 6.45) is 1.39. The van der Waals surface area contributed by atoms with Crippen molar-refractivity contribution in [3.8, 4) is 11.4 Å². The van der Waals surface area contributed by atoms with Gasteiger partial charge in [0.2, 0.25) is 5.78 Å². The van der Waals surface area contributed by atoms with Crippen molar-refractivity contribution < 1.29 is 0 Å². The molecule has 0 saturated carbocycles. The summed E-state index contributed by atoms with van der Waals surface area (Å²) in [7, 11) is 2.01. The molecule has 1 N–H and O–H groups in total. The predicted molar refractivity (Wildman–Crippen MR) is 89.6 cm³/mol. The van der Waals surface area contributed by atoms with Crippen molar-refractivity contribution in [2.75, 3.05) is 0 Å². The van der Waals surface area contributed by atoms with E-state index in [9.17, 15) is 4.79 Å². The normalized spacial score (nSPS) is 11.8. The number of benzene rings is 1. The molecule has 0 unspecified atom stereocenters. The molecule has 0 aliphatic heterocycles. The molecular formula is C17H17N5O. The van der Waals surface area contributed by atoms with E-state index in [4.69, 9.17) is 0 Å². The molecule has 0 saturated heterocycles. The van der Waals surface area contributed by atoms with Gasteiger partial charge in [-0.2, -0.15) is 14.6 Å². The SMILES string of the molecule is CC(C)c1c(-c2cc3ccccc3n2C)[nH]c2ncnn2c1=O. The predicted octanol–water partition coefficient (Wildman–Crippen LogP) is 2.70. The van der Waals surface area contributed by atoms with Gasteiger partial charge >= 0.3 is 0 Å². The van der Waals surface area contributed by atoms with Crippen LogP contribution in [0.15, 0.2) is 41.5 Å². The Morgan fingerprint density at radius 1 is 1.22 bits per heavy atom. The highest BCUT2D eigenvalue weighted by molar-refractivity contribution is 5.87. The number of hydrogen-bond acceptors (Lipinski definition) is 3. The number of para-hydroxylation sites is 1. The van der Waals surface area contributed by atoms with Crippen LogP contribution in [0, 0.1) is 0 Å². The minimum atomic E-state index is -0.119. The number of H-pyrrole nitrogens is 1. The highest BCUT2D eigenvalue weighted by Crippen LogP contribution is 2.30. The van der Waals surface area contributed by atoms with E-state index in [0.717, 1.165) is 22.3 Å². The van der Waals surface area contributed by atoms with Gasteiger partial charge in [-0.1, -0.05) is 32.0 Å². The monoisotopic (exact) mass is 307 g/mol. The molecule has 0 radical (unpaired) electrons. The molecule has 0 amide bonds. The minimum Gasteiger partial charge on any atom is -0.342 e. The Labute approximate surface area is 132 Å². The lowest BCUT2D eigenvalue weighted by Gasteiger charge is -2.13. The van der Waals surface area contributed by atoms with Crippen LogP contribution in [0.1, 0.15) is 25.3 Å². The van der Waals surface area contributed by atoms with E-state index in [-0.39, 0.29) is 11.5 Å². The van der Waals surface area contributed by atoms with Gasteiger partial charge < -0.3 is 9.55 Å². The second-order valence-electron chi connectivity index (χ2n) is 6.02. The van der Waals surface area contributed by atoms with Gasteiger partial charge in [0.15, 0.2) is 0 Å². The van der Waals surface area contributed by atoms with Gasteiger partial charge in [-0.15, -0.1) is 0 Å². The van der Waals surface area contributed by atoms with E-state index in [0.29, 0.717) is 11.3 Å². The Bertz CT molecular complexity index is 1080. The molecule has 4 rings (SSSR count). The van der Waals surface area contributed by atoms with Gasteiger partial charge in [-0.25, -0.2) is 0 Å². The minimum absolute atomic E-state index is 0.0698. The summed E-state index contributed by atoms with van der Waals surface area (Å²) in [6.45, 7) is 4.03. The zero-order valence-corrected chi connectivity index (χ0v) is 13.2. The fourth-order valence-electron chi connectivity index (χ4n) is 3.14. The van der Waals surface area contributed by atoms with Gasteiger partial charge in [0.25, 0.3) is 5.56 Å². The third-order valence-corrected chi connectivity index (χ3v) is 4.26. The van der Waals surface area contributed by atoms with Crippen LogP contribution < -0.4 is 5.56 Å². The van der Waals surface area contributed by atoms with Crippen molar-refractivity contribution in [3.63, 3.8) is 0 Å². The maximum atomic E-state index is 12.8. The quantitative estimate of drug-likeness (QED) is 0.619. The lowest BCUT2D eigenvalue weighted by Crippen LogP contribution is -2.23. The van der Waals surface area contributed by atoms with Crippen molar-refractivity contribution in [2.24, 2.45) is 7.05 Å². The summed E-state index contributed by atoms with van der Waals surface area (Å²) >= 11 is 0. The number of hydrogen-bond donors (Lipinski definition) is 1. The number of aryl methyl sites for hydroxylation is 1. The zero-order chi connectivity index (χ0) is 16.1. The van der Waals surface area contributed by atoms with Crippen LogP contribution in [0.3, 0.4) is 0 Å². The second kappa shape index (κ2) is 4.81. The number of fused-ring (bicyclic) bond motifs is 2. The van der Waals surface area contributed by atoms with Crippen LogP contribution >= 0.6 is 0 Å². The second-order valence-corrected chi connectivity index (χ2v) is 6.02.